The van der Waals surface area contributed by atoms with Crippen molar-refractivity contribution >= 4 is 57.1 Å². The predicted molar refractivity (Wildman–Crippen MR) is 92.8 cm³/mol. The van der Waals surface area contributed by atoms with Crippen molar-refractivity contribution in [1.29, 1.82) is 0 Å². The summed E-state index contributed by atoms with van der Waals surface area (Å²) in [7, 11) is 0. The summed E-state index contributed by atoms with van der Waals surface area (Å²) >= 11 is 13.2. The van der Waals surface area contributed by atoms with Crippen molar-refractivity contribution in [2.75, 3.05) is 11.9 Å². The normalized spacial score (nSPS) is 10.8. The molecule has 1 aromatic carbocycles. The molecule has 0 aliphatic heterocycles. The summed E-state index contributed by atoms with van der Waals surface area (Å²) in [6.45, 7) is -0.398. The number of ether oxygens (including phenoxy) is 1. The second-order valence-corrected chi connectivity index (χ2v) is 6.61. The second-order valence-electron chi connectivity index (χ2n) is 4.87. The molecule has 0 aliphatic carbocycles. The fourth-order valence-electron chi connectivity index (χ4n) is 2.03. The molecule has 0 saturated carbocycles. The number of nitrogens with zero attached hydrogens (tertiary/aromatic N) is 2. The SMILES string of the molecule is O=C(COC(=O)Cc1cn2ccsc2n1)Nc1cc(Cl)cc(Cl)c1. The van der Waals surface area contributed by atoms with E-state index in [4.69, 9.17) is 27.9 Å². The monoisotopic (exact) mass is 383 g/mol. The smallest absolute Gasteiger partial charge is 0.312 e. The number of halogens is 2. The summed E-state index contributed by atoms with van der Waals surface area (Å²) in [6, 6.07) is 4.64. The Kier molecular flexibility index (Phi) is 5.03. The number of carbonyl (C=O) groups excluding carboxylic acids is 2. The minimum absolute atomic E-state index is 0.00464. The Morgan fingerprint density at radius 3 is 2.71 bits per heavy atom. The molecule has 0 spiro atoms. The van der Waals surface area contributed by atoms with Gasteiger partial charge in [0.2, 0.25) is 0 Å². The van der Waals surface area contributed by atoms with Gasteiger partial charge in [0, 0.05) is 33.5 Å². The van der Waals surface area contributed by atoms with Gasteiger partial charge in [0.1, 0.15) is 0 Å². The third-order valence-electron chi connectivity index (χ3n) is 2.98. The largest absolute Gasteiger partial charge is 0.455 e. The maximum Gasteiger partial charge on any atom is 0.312 e. The van der Waals surface area contributed by atoms with Crippen molar-refractivity contribution < 1.29 is 14.3 Å². The van der Waals surface area contributed by atoms with Crippen molar-refractivity contribution in [1.82, 2.24) is 9.38 Å². The molecule has 1 amide bonds. The van der Waals surface area contributed by atoms with Crippen LogP contribution in [0.3, 0.4) is 0 Å². The Bertz CT molecular complexity index is 858. The lowest BCUT2D eigenvalue weighted by molar-refractivity contribution is -0.146. The topological polar surface area (TPSA) is 72.7 Å². The maximum absolute atomic E-state index is 11.8. The van der Waals surface area contributed by atoms with Crippen molar-refractivity contribution in [3.63, 3.8) is 0 Å². The molecule has 3 rings (SSSR count). The van der Waals surface area contributed by atoms with Crippen LogP contribution in [0.4, 0.5) is 5.69 Å². The highest BCUT2D eigenvalue weighted by Gasteiger charge is 2.12. The summed E-state index contributed by atoms with van der Waals surface area (Å²) in [4.78, 5) is 28.7. The predicted octanol–water partition coefficient (Wildman–Crippen LogP) is 3.43. The number of imidazole rings is 1. The van der Waals surface area contributed by atoms with Crippen molar-refractivity contribution in [3.05, 3.63) is 51.7 Å². The van der Waals surface area contributed by atoms with Crippen LogP contribution in [0, 0.1) is 0 Å². The minimum atomic E-state index is -0.528. The molecule has 0 bridgehead atoms. The van der Waals surface area contributed by atoms with Gasteiger partial charge in [0.25, 0.3) is 5.91 Å². The van der Waals surface area contributed by atoms with E-state index in [1.807, 2.05) is 16.0 Å². The van der Waals surface area contributed by atoms with Gasteiger partial charge in [0.05, 0.1) is 12.1 Å². The van der Waals surface area contributed by atoms with E-state index in [-0.39, 0.29) is 6.42 Å². The molecule has 2 aromatic heterocycles. The van der Waals surface area contributed by atoms with Crippen molar-refractivity contribution in [2.24, 2.45) is 0 Å². The summed E-state index contributed by atoms with van der Waals surface area (Å²) in [6.07, 6.45) is 3.61. The third kappa shape index (κ3) is 4.25. The Morgan fingerprint density at radius 2 is 2.00 bits per heavy atom. The quantitative estimate of drug-likeness (QED) is 0.685. The van der Waals surface area contributed by atoms with Crippen molar-refractivity contribution in [3.8, 4) is 0 Å². The van der Waals surface area contributed by atoms with Gasteiger partial charge in [-0.1, -0.05) is 23.2 Å². The first-order chi connectivity index (χ1) is 11.5. The van der Waals surface area contributed by atoms with Crippen LogP contribution in [0.2, 0.25) is 10.0 Å². The van der Waals surface area contributed by atoms with E-state index in [2.05, 4.69) is 10.3 Å². The Morgan fingerprint density at radius 1 is 1.25 bits per heavy atom. The average Bonchev–Trinajstić information content (AvgIpc) is 3.05. The van der Waals surface area contributed by atoms with E-state index in [1.165, 1.54) is 11.3 Å². The first kappa shape index (κ1) is 16.8. The number of fused-ring (bicyclic) bond motifs is 1. The van der Waals surface area contributed by atoms with Gasteiger partial charge in [-0.25, -0.2) is 4.98 Å². The van der Waals surface area contributed by atoms with Crippen LogP contribution in [0.5, 0.6) is 0 Å². The fraction of sp³-hybridized carbons (Fsp3) is 0.133. The van der Waals surface area contributed by atoms with E-state index < -0.39 is 18.5 Å². The number of aromatic nitrogens is 2. The van der Waals surface area contributed by atoms with Gasteiger partial charge in [-0.2, -0.15) is 0 Å². The highest BCUT2D eigenvalue weighted by atomic mass is 35.5. The van der Waals surface area contributed by atoms with Crippen LogP contribution >= 0.6 is 34.5 Å². The zero-order valence-electron chi connectivity index (χ0n) is 12.2. The number of hydrogen-bond donors (Lipinski definition) is 1. The fourth-order valence-corrected chi connectivity index (χ4v) is 3.27. The number of rotatable bonds is 5. The lowest BCUT2D eigenvalue weighted by atomic mass is 10.3. The van der Waals surface area contributed by atoms with Crippen LogP contribution in [0.15, 0.2) is 36.0 Å². The molecule has 1 N–H and O–H groups in total. The lowest BCUT2D eigenvalue weighted by Crippen LogP contribution is -2.21. The zero-order valence-corrected chi connectivity index (χ0v) is 14.5. The van der Waals surface area contributed by atoms with Crippen LogP contribution in [-0.4, -0.2) is 27.9 Å². The molecular weight excluding hydrogens is 373 g/mol. The van der Waals surface area contributed by atoms with Gasteiger partial charge >= 0.3 is 5.97 Å². The zero-order chi connectivity index (χ0) is 17.1. The van der Waals surface area contributed by atoms with E-state index in [0.29, 0.717) is 21.4 Å². The van der Waals surface area contributed by atoms with Gasteiger partial charge in [-0.3, -0.25) is 14.0 Å². The molecule has 0 unspecified atom stereocenters. The minimum Gasteiger partial charge on any atom is -0.455 e. The van der Waals surface area contributed by atoms with Gasteiger partial charge in [0.15, 0.2) is 11.6 Å². The number of anilines is 1. The van der Waals surface area contributed by atoms with E-state index in [1.54, 1.807) is 24.4 Å². The van der Waals surface area contributed by atoms with Crippen LogP contribution in [0.1, 0.15) is 5.69 Å². The molecule has 0 saturated heterocycles. The van der Waals surface area contributed by atoms with E-state index >= 15 is 0 Å². The summed E-state index contributed by atoms with van der Waals surface area (Å²) in [5, 5.41) is 5.25. The first-order valence-corrected chi connectivity index (χ1v) is 8.46. The third-order valence-corrected chi connectivity index (χ3v) is 4.19. The van der Waals surface area contributed by atoms with Gasteiger partial charge in [-0.15, -0.1) is 11.3 Å². The standard InChI is InChI=1S/C15H11Cl2N3O3S/c16-9-3-10(17)5-11(4-9)18-13(21)8-23-14(22)6-12-7-20-1-2-24-15(20)19-12/h1-5,7H,6,8H2,(H,18,21). The van der Waals surface area contributed by atoms with Crippen LogP contribution < -0.4 is 5.32 Å². The van der Waals surface area contributed by atoms with Crippen LogP contribution in [0.25, 0.3) is 4.96 Å². The lowest BCUT2D eigenvalue weighted by Gasteiger charge is -2.07. The number of nitrogens with one attached hydrogen (secondary N) is 1. The molecule has 124 valence electrons. The summed E-state index contributed by atoms with van der Waals surface area (Å²) < 4.78 is 6.77. The number of carbonyl (C=O) groups is 2. The number of benzene rings is 1. The summed E-state index contributed by atoms with van der Waals surface area (Å²) in [5.74, 6) is -1.01. The maximum atomic E-state index is 11.8. The number of amides is 1. The van der Waals surface area contributed by atoms with Gasteiger partial charge in [-0.05, 0) is 18.2 Å². The van der Waals surface area contributed by atoms with Crippen molar-refractivity contribution in [2.45, 2.75) is 6.42 Å². The molecule has 2 heterocycles. The molecule has 0 radical (unpaired) electrons. The van der Waals surface area contributed by atoms with E-state index in [9.17, 15) is 9.59 Å². The highest BCUT2D eigenvalue weighted by molar-refractivity contribution is 7.15. The first-order valence-electron chi connectivity index (χ1n) is 6.82. The Labute approximate surface area is 151 Å². The molecule has 9 heteroatoms. The summed E-state index contributed by atoms with van der Waals surface area (Å²) in [5.41, 5.74) is 1.02. The Balaban J connectivity index is 1.50. The molecule has 0 atom stereocenters. The average molecular weight is 384 g/mol. The molecule has 3 aromatic rings. The molecule has 24 heavy (non-hydrogen) atoms. The molecule has 6 nitrogen and oxygen atoms in total. The highest BCUT2D eigenvalue weighted by Crippen LogP contribution is 2.22. The van der Waals surface area contributed by atoms with Crippen LogP contribution in [-0.2, 0) is 20.7 Å². The Hall–Kier alpha value is -2.09. The van der Waals surface area contributed by atoms with E-state index in [0.717, 1.165) is 4.96 Å². The number of hydrogen-bond acceptors (Lipinski definition) is 5. The molecule has 0 fully saturated rings. The van der Waals surface area contributed by atoms with Gasteiger partial charge < -0.3 is 10.1 Å². The second kappa shape index (κ2) is 7.21. The number of esters is 1. The molecule has 0 aliphatic rings. The molecular formula is C15H11Cl2N3O3S. The number of thiazole rings is 1.